The molecule has 0 saturated heterocycles. The quantitative estimate of drug-likeness (QED) is 0.882. The average molecular weight is 282 g/mol. The van der Waals surface area contributed by atoms with Gasteiger partial charge in [0.1, 0.15) is 11.9 Å². The highest BCUT2D eigenvalue weighted by Gasteiger charge is 2.08. The van der Waals surface area contributed by atoms with Crippen molar-refractivity contribution in [3.63, 3.8) is 0 Å². The normalized spacial score (nSPS) is 10.4. The zero-order chi connectivity index (χ0) is 15.2. The summed E-state index contributed by atoms with van der Waals surface area (Å²) in [7, 11) is 0. The third-order valence-electron chi connectivity index (χ3n) is 2.97. The molecule has 2 N–H and O–H groups in total. The molecule has 1 aromatic carbocycles. The first-order valence-electron chi connectivity index (χ1n) is 6.90. The molecule has 2 rings (SSSR count). The maximum absolute atomic E-state index is 11.7. The van der Waals surface area contributed by atoms with Gasteiger partial charge in [0.15, 0.2) is 0 Å². The molecule has 0 unspecified atom stereocenters. The summed E-state index contributed by atoms with van der Waals surface area (Å²) in [4.78, 5) is 16.1. The second-order valence-electron chi connectivity index (χ2n) is 5.24. The number of aromatic nitrogens is 1. The number of carbonyl (C=O) groups is 1. The summed E-state index contributed by atoms with van der Waals surface area (Å²) in [5, 5.41) is 15.8. The van der Waals surface area contributed by atoms with Crippen molar-refractivity contribution in [2.75, 3.05) is 18.4 Å². The van der Waals surface area contributed by atoms with Crippen molar-refractivity contribution in [1.82, 2.24) is 10.3 Å². The Hall–Kier alpha value is -2.61. The van der Waals surface area contributed by atoms with Gasteiger partial charge in [-0.3, -0.25) is 4.79 Å². The van der Waals surface area contributed by atoms with Crippen LogP contribution >= 0.6 is 0 Å². The highest BCUT2D eigenvalue weighted by molar-refractivity contribution is 5.85. The van der Waals surface area contributed by atoms with E-state index in [9.17, 15) is 10.1 Å². The van der Waals surface area contributed by atoms with Gasteiger partial charge in [0.2, 0.25) is 5.91 Å². The average Bonchev–Trinajstić information content (AvgIpc) is 2.49. The molecule has 21 heavy (non-hydrogen) atoms. The van der Waals surface area contributed by atoms with E-state index < -0.39 is 0 Å². The SMILES string of the molecule is CC(C)CNC(=O)CNc1nc2ccccc2cc1C#N. The molecular weight excluding hydrogens is 264 g/mol. The smallest absolute Gasteiger partial charge is 0.239 e. The van der Waals surface area contributed by atoms with Gasteiger partial charge < -0.3 is 10.6 Å². The lowest BCUT2D eigenvalue weighted by molar-refractivity contribution is -0.119. The first-order valence-corrected chi connectivity index (χ1v) is 6.90. The minimum atomic E-state index is -0.109. The third kappa shape index (κ3) is 3.93. The zero-order valence-corrected chi connectivity index (χ0v) is 12.2. The molecule has 1 amide bonds. The Balaban J connectivity index is 2.11. The summed E-state index contributed by atoms with van der Waals surface area (Å²) < 4.78 is 0. The molecule has 0 aliphatic carbocycles. The number of rotatable bonds is 5. The Morgan fingerprint density at radius 1 is 1.38 bits per heavy atom. The first-order chi connectivity index (χ1) is 10.1. The number of nitriles is 1. The van der Waals surface area contributed by atoms with Crippen LogP contribution in [0.3, 0.4) is 0 Å². The topological polar surface area (TPSA) is 77.8 Å². The van der Waals surface area contributed by atoms with Gasteiger partial charge in [-0.25, -0.2) is 4.98 Å². The summed E-state index contributed by atoms with van der Waals surface area (Å²) in [5.41, 5.74) is 1.23. The second kappa shape index (κ2) is 6.71. The van der Waals surface area contributed by atoms with Crippen LogP contribution in [-0.4, -0.2) is 24.0 Å². The van der Waals surface area contributed by atoms with Gasteiger partial charge in [0.05, 0.1) is 17.6 Å². The highest BCUT2D eigenvalue weighted by Crippen LogP contribution is 2.19. The number of hydrogen-bond donors (Lipinski definition) is 2. The van der Waals surface area contributed by atoms with E-state index in [0.717, 1.165) is 10.9 Å². The van der Waals surface area contributed by atoms with Crippen molar-refractivity contribution in [3.05, 3.63) is 35.9 Å². The summed E-state index contributed by atoms with van der Waals surface area (Å²) in [6, 6.07) is 11.4. The van der Waals surface area contributed by atoms with Crippen LogP contribution in [0.2, 0.25) is 0 Å². The van der Waals surface area contributed by atoms with Gasteiger partial charge in [-0.2, -0.15) is 5.26 Å². The van der Waals surface area contributed by atoms with Gasteiger partial charge in [0.25, 0.3) is 0 Å². The van der Waals surface area contributed by atoms with Crippen LogP contribution in [0.1, 0.15) is 19.4 Å². The molecule has 0 spiro atoms. The largest absolute Gasteiger partial charge is 0.360 e. The third-order valence-corrected chi connectivity index (χ3v) is 2.97. The van der Waals surface area contributed by atoms with Crippen molar-refractivity contribution in [2.24, 2.45) is 5.92 Å². The number of hydrogen-bond acceptors (Lipinski definition) is 4. The number of carbonyl (C=O) groups excluding carboxylic acids is 1. The van der Waals surface area contributed by atoms with Crippen molar-refractivity contribution >= 4 is 22.6 Å². The van der Waals surface area contributed by atoms with Crippen LogP contribution in [-0.2, 0) is 4.79 Å². The van der Waals surface area contributed by atoms with E-state index in [1.54, 1.807) is 6.07 Å². The number of para-hydroxylation sites is 1. The molecule has 0 bridgehead atoms. The van der Waals surface area contributed by atoms with Crippen molar-refractivity contribution in [1.29, 1.82) is 5.26 Å². The summed E-state index contributed by atoms with van der Waals surface area (Å²) in [6.07, 6.45) is 0. The fourth-order valence-corrected chi connectivity index (χ4v) is 1.88. The van der Waals surface area contributed by atoms with E-state index in [-0.39, 0.29) is 12.5 Å². The lowest BCUT2D eigenvalue weighted by Gasteiger charge is -2.10. The molecule has 1 aromatic heterocycles. The molecule has 0 aliphatic rings. The highest BCUT2D eigenvalue weighted by atomic mass is 16.1. The summed E-state index contributed by atoms with van der Waals surface area (Å²) >= 11 is 0. The molecular formula is C16H18N4O. The van der Waals surface area contributed by atoms with Crippen LogP contribution in [0.25, 0.3) is 10.9 Å². The molecule has 0 aliphatic heterocycles. The lowest BCUT2D eigenvalue weighted by atomic mass is 10.1. The number of nitrogens with zero attached hydrogens (tertiary/aromatic N) is 2. The van der Waals surface area contributed by atoms with Crippen LogP contribution in [0.5, 0.6) is 0 Å². The molecule has 0 fully saturated rings. The molecule has 5 heteroatoms. The van der Waals surface area contributed by atoms with Crippen LogP contribution in [0.15, 0.2) is 30.3 Å². The molecule has 5 nitrogen and oxygen atoms in total. The summed E-state index contributed by atoms with van der Waals surface area (Å²) in [6.45, 7) is 4.81. The maximum Gasteiger partial charge on any atom is 0.239 e. The monoisotopic (exact) mass is 282 g/mol. The second-order valence-corrected chi connectivity index (χ2v) is 5.24. The Labute approximate surface area is 124 Å². The predicted octanol–water partition coefficient (Wildman–Crippen LogP) is 2.29. The van der Waals surface area contributed by atoms with E-state index in [1.807, 2.05) is 38.1 Å². The number of fused-ring (bicyclic) bond motifs is 1. The van der Waals surface area contributed by atoms with Gasteiger partial charge >= 0.3 is 0 Å². The van der Waals surface area contributed by atoms with Gasteiger partial charge in [-0.1, -0.05) is 32.0 Å². The van der Waals surface area contributed by atoms with E-state index in [1.165, 1.54) is 0 Å². The van der Waals surface area contributed by atoms with Gasteiger partial charge in [-0.05, 0) is 18.1 Å². The van der Waals surface area contributed by atoms with E-state index in [0.29, 0.717) is 23.8 Å². The van der Waals surface area contributed by atoms with E-state index in [2.05, 4.69) is 21.7 Å². The van der Waals surface area contributed by atoms with Crippen molar-refractivity contribution in [3.8, 4) is 6.07 Å². The molecule has 108 valence electrons. The van der Waals surface area contributed by atoms with E-state index in [4.69, 9.17) is 0 Å². The summed E-state index contributed by atoms with van der Waals surface area (Å²) in [5.74, 6) is 0.737. The number of anilines is 1. The number of amides is 1. The number of nitrogens with one attached hydrogen (secondary N) is 2. The Kier molecular flexibility index (Phi) is 4.72. The first kappa shape index (κ1) is 14.8. The van der Waals surface area contributed by atoms with E-state index >= 15 is 0 Å². The fourth-order valence-electron chi connectivity index (χ4n) is 1.88. The fraction of sp³-hybridized carbons (Fsp3) is 0.312. The minimum Gasteiger partial charge on any atom is -0.360 e. The minimum absolute atomic E-state index is 0.104. The lowest BCUT2D eigenvalue weighted by Crippen LogP contribution is -2.32. The molecule has 1 heterocycles. The van der Waals surface area contributed by atoms with Crippen LogP contribution in [0.4, 0.5) is 5.82 Å². The Morgan fingerprint density at radius 3 is 2.86 bits per heavy atom. The molecule has 0 radical (unpaired) electrons. The van der Waals surface area contributed by atoms with Crippen molar-refractivity contribution in [2.45, 2.75) is 13.8 Å². The Bertz CT molecular complexity index is 688. The van der Waals surface area contributed by atoms with Crippen LogP contribution < -0.4 is 10.6 Å². The van der Waals surface area contributed by atoms with Gasteiger partial charge in [0, 0.05) is 11.9 Å². The zero-order valence-electron chi connectivity index (χ0n) is 12.2. The standard InChI is InChI=1S/C16H18N4O/c1-11(2)9-18-15(21)10-19-16-13(8-17)7-12-5-3-4-6-14(12)20-16/h3-7,11H,9-10H2,1-2H3,(H,18,21)(H,19,20). The maximum atomic E-state index is 11.7. The Morgan fingerprint density at radius 2 is 2.14 bits per heavy atom. The molecule has 0 atom stereocenters. The van der Waals surface area contributed by atoms with Gasteiger partial charge in [-0.15, -0.1) is 0 Å². The van der Waals surface area contributed by atoms with Crippen LogP contribution in [0, 0.1) is 17.2 Å². The molecule has 0 saturated carbocycles. The molecule has 2 aromatic rings. The number of benzene rings is 1. The number of pyridine rings is 1. The predicted molar refractivity (Wildman–Crippen MR) is 82.8 cm³/mol. The van der Waals surface area contributed by atoms with Crippen molar-refractivity contribution < 1.29 is 4.79 Å².